The molecule has 1 saturated heterocycles. The van der Waals surface area contributed by atoms with Crippen LogP contribution < -0.4 is 5.73 Å². The lowest BCUT2D eigenvalue weighted by molar-refractivity contribution is 0.148. The summed E-state index contributed by atoms with van der Waals surface area (Å²) in [5.41, 5.74) is 7.85. The number of benzene rings is 1. The lowest BCUT2D eigenvalue weighted by Gasteiger charge is -2.22. The summed E-state index contributed by atoms with van der Waals surface area (Å²) in [5, 5.41) is 0. The molecule has 1 fully saturated rings. The summed E-state index contributed by atoms with van der Waals surface area (Å²) in [6, 6.07) is 3.50. The zero-order valence-electron chi connectivity index (χ0n) is 11.3. The summed E-state index contributed by atoms with van der Waals surface area (Å²) in [4.78, 5) is 0.245. The van der Waals surface area contributed by atoms with Gasteiger partial charge < -0.3 is 10.5 Å². The Kier molecular flexibility index (Phi) is 4.13. The molecule has 1 heterocycles. The van der Waals surface area contributed by atoms with Crippen LogP contribution in [0.4, 0.5) is 5.69 Å². The third-order valence-corrected chi connectivity index (χ3v) is 5.59. The summed E-state index contributed by atoms with van der Waals surface area (Å²) < 4.78 is 32.2. The molecule has 5 nitrogen and oxygen atoms in total. The number of hydrogen-bond donors (Lipinski definition) is 1. The fourth-order valence-corrected chi connectivity index (χ4v) is 4.10. The SMILES string of the molecule is Cc1ccc(N)c(S(=O)(=O)N2CCCOCC2)c1C. The van der Waals surface area contributed by atoms with E-state index >= 15 is 0 Å². The van der Waals surface area contributed by atoms with Gasteiger partial charge in [0.2, 0.25) is 10.0 Å². The summed E-state index contributed by atoms with van der Waals surface area (Å²) in [7, 11) is -3.54. The predicted octanol–water partition coefficient (Wildman–Crippen LogP) is 1.30. The first kappa shape index (κ1) is 14.3. The number of rotatable bonds is 2. The predicted molar refractivity (Wildman–Crippen MR) is 74.5 cm³/mol. The summed E-state index contributed by atoms with van der Waals surface area (Å²) in [6.45, 7) is 5.59. The first-order chi connectivity index (χ1) is 8.94. The van der Waals surface area contributed by atoms with Gasteiger partial charge in [0.25, 0.3) is 0 Å². The molecule has 0 bridgehead atoms. The van der Waals surface area contributed by atoms with Gasteiger partial charge in [0.1, 0.15) is 4.90 Å². The molecule has 1 aromatic carbocycles. The molecule has 1 aliphatic heterocycles. The molecule has 0 unspecified atom stereocenters. The minimum absolute atomic E-state index is 0.245. The molecule has 0 radical (unpaired) electrons. The van der Waals surface area contributed by atoms with Crippen molar-refractivity contribution < 1.29 is 13.2 Å². The van der Waals surface area contributed by atoms with E-state index in [1.54, 1.807) is 13.0 Å². The Morgan fingerprint density at radius 2 is 1.95 bits per heavy atom. The van der Waals surface area contributed by atoms with Gasteiger partial charge in [-0.1, -0.05) is 6.07 Å². The Morgan fingerprint density at radius 3 is 2.68 bits per heavy atom. The molecule has 0 saturated carbocycles. The van der Waals surface area contributed by atoms with Crippen LogP contribution in [0.3, 0.4) is 0 Å². The van der Waals surface area contributed by atoms with Crippen molar-refractivity contribution in [3.8, 4) is 0 Å². The van der Waals surface area contributed by atoms with Gasteiger partial charge in [-0.05, 0) is 37.5 Å². The monoisotopic (exact) mass is 284 g/mol. The molecule has 1 aromatic rings. The molecule has 0 spiro atoms. The summed E-state index contributed by atoms with van der Waals surface area (Å²) >= 11 is 0. The van der Waals surface area contributed by atoms with E-state index in [1.807, 2.05) is 13.0 Å². The molecule has 1 aliphatic rings. The van der Waals surface area contributed by atoms with Crippen molar-refractivity contribution in [1.82, 2.24) is 4.31 Å². The average molecular weight is 284 g/mol. The van der Waals surface area contributed by atoms with Gasteiger partial charge in [0, 0.05) is 19.7 Å². The van der Waals surface area contributed by atoms with Crippen molar-refractivity contribution in [2.45, 2.75) is 25.2 Å². The molecular formula is C13H20N2O3S. The fraction of sp³-hybridized carbons (Fsp3) is 0.538. The fourth-order valence-electron chi connectivity index (χ4n) is 2.25. The average Bonchev–Trinajstić information content (AvgIpc) is 2.63. The van der Waals surface area contributed by atoms with Crippen molar-refractivity contribution in [3.05, 3.63) is 23.3 Å². The first-order valence-corrected chi connectivity index (χ1v) is 7.82. The molecule has 19 heavy (non-hydrogen) atoms. The van der Waals surface area contributed by atoms with Crippen LogP contribution in [0.1, 0.15) is 17.5 Å². The number of hydrogen-bond acceptors (Lipinski definition) is 4. The maximum Gasteiger partial charge on any atom is 0.245 e. The van der Waals surface area contributed by atoms with Crippen LogP contribution >= 0.6 is 0 Å². The van der Waals surface area contributed by atoms with Crippen LogP contribution in [0.25, 0.3) is 0 Å². The van der Waals surface area contributed by atoms with Crippen LogP contribution in [0.15, 0.2) is 17.0 Å². The third kappa shape index (κ3) is 2.75. The van der Waals surface area contributed by atoms with Gasteiger partial charge >= 0.3 is 0 Å². The second-order valence-corrected chi connectivity index (χ2v) is 6.67. The molecule has 0 aromatic heterocycles. The van der Waals surface area contributed by atoms with Crippen LogP contribution in [0.5, 0.6) is 0 Å². The van der Waals surface area contributed by atoms with Gasteiger partial charge in [-0.3, -0.25) is 0 Å². The van der Waals surface area contributed by atoms with Crippen molar-refractivity contribution in [2.24, 2.45) is 0 Å². The molecule has 0 aliphatic carbocycles. The zero-order chi connectivity index (χ0) is 14.0. The largest absolute Gasteiger partial charge is 0.398 e. The van der Waals surface area contributed by atoms with Gasteiger partial charge in [-0.15, -0.1) is 0 Å². The first-order valence-electron chi connectivity index (χ1n) is 6.38. The van der Waals surface area contributed by atoms with Crippen molar-refractivity contribution in [3.63, 3.8) is 0 Å². The van der Waals surface area contributed by atoms with E-state index in [0.717, 1.165) is 11.1 Å². The third-order valence-electron chi connectivity index (χ3n) is 3.49. The van der Waals surface area contributed by atoms with E-state index in [-0.39, 0.29) is 4.90 Å². The summed E-state index contributed by atoms with van der Waals surface area (Å²) in [6.07, 6.45) is 0.712. The van der Waals surface area contributed by atoms with Crippen LogP contribution in [-0.2, 0) is 14.8 Å². The van der Waals surface area contributed by atoms with Crippen LogP contribution in [-0.4, -0.2) is 39.0 Å². The maximum absolute atomic E-state index is 12.7. The van der Waals surface area contributed by atoms with E-state index in [9.17, 15) is 8.42 Å². The Balaban J connectivity index is 2.47. The lowest BCUT2D eigenvalue weighted by Crippen LogP contribution is -2.34. The lowest BCUT2D eigenvalue weighted by atomic mass is 10.1. The normalized spacial score (nSPS) is 18.2. The highest BCUT2D eigenvalue weighted by atomic mass is 32.2. The molecule has 2 N–H and O–H groups in total. The van der Waals surface area contributed by atoms with E-state index in [1.165, 1.54) is 4.31 Å². The number of nitrogens with zero attached hydrogens (tertiary/aromatic N) is 1. The van der Waals surface area contributed by atoms with Crippen LogP contribution in [0.2, 0.25) is 0 Å². The Morgan fingerprint density at radius 1 is 1.21 bits per heavy atom. The van der Waals surface area contributed by atoms with Crippen molar-refractivity contribution in [1.29, 1.82) is 0 Å². The number of nitrogens with two attached hydrogens (primary N) is 1. The highest BCUT2D eigenvalue weighted by molar-refractivity contribution is 7.89. The molecule has 0 amide bonds. The highest BCUT2D eigenvalue weighted by Crippen LogP contribution is 2.28. The van der Waals surface area contributed by atoms with E-state index < -0.39 is 10.0 Å². The molecule has 0 atom stereocenters. The minimum atomic E-state index is -3.54. The second kappa shape index (κ2) is 5.48. The van der Waals surface area contributed by atoms with Gasteiger partial charge in [-0.2, -0.15) is 4.31 Å². The number of aryl methyl sites for hydroxylation is 1. The van der Waals surface area contributed by atoms with Gasteiger partial charge in [0.15, 0.2) is 0 Å². The van der Waals surface area contributed by atoms with Crippen molar-refractivity contribution in [2.75, 3.05) is 32.0 Å². The number of nitrogen functional groups attached to an aromatic ring is 1. The topological polar surface area (TPSA) is 72.6 Å². The highest BCUT2D eigenvalue weighted by Gasteiger charge is 2.29. The molecule has 6 heteroatoms. The van der Waals surface area contributed by atoms with E-state index in [2.05, 4.69) is 0 Å². The molecule has 106 valence electrons. The van der Waals surface area contributed by atoms with Gasteiger partial charge in [-0.25, -0.2) is 8.42 Å². The quantitative estimate of drug-likeness (QED) is 0.831. The maximum atomic E-state index is 12.7. The Labute approximate surface area is 114 Å². The van der Waals surface area contributed by atoms with Crippen molar-refractivity contribution >= 4 is 15.7 Å². The summed E-state index contributed by atoms with van der Waals surface area (Å²) in [5.74, 6) is 0. The molecule has 2 rings (SSSR count). The number of ether oxygens (including phenoxy) is 1. The zero-order valence-corrected chi connectivity index (χ0v) is 12.2. The number of anilines is 1. The Hall–Kier alpha value is -1.11. The van der Waals surface area contributed by atoms with Gasteiger partial charge in [0.05, 0.1) is 12.3 Å². The number of sulfonamides is 1. The van der Waals surface area contributed by atoms with E-state index in [4.69, 9.17) is 10.5 Å². The Bertz CT molecular complexity index is 561. The smallest absolute Gasteiger partial charge is 0.245 e. The second-order valence-electron chi connectivity index (χ2n) is 4.80. The van der Waals surface area contributed by atoms with E-state index in [0.29, 0.717) is 38.4 Å². The standard InChI is InChI=1S/C13H20N2O3S/c1-10-4-5-12(14)13(11(10)2)19(16,17)15-6-3-8-18-9-7-15/h4-5H,3,6-9,14H2,1-2H3. The molecular weight excluding hydrogens is 264 g/mol. The van der Waals surface area contributed by atoms with Crippen LogP contribution in [0, 0.1) is 13.8 Å². The minimum Gasteiger partial charge on any atom is -0.398 e.